The van der Waals surface area contributed by atoms with Crippen LogP contribution in [-0.2, 0) is 0 Å². The molecular formula is C25H23N5S. The molecular weight excluding hydrogens is 402 g/mol. The molecule has 0 bridgehead atoms. The molecule has 2 atom stereocenters. The normalized spacial score (nSPS) is 18.3. The molecule has 6 heteroatoms. The molecule has 3 aromatic heterocycles. The zero-order valence-electron chi connectivity index (χ0n) is 17.4. The molecule has 0 amide bonds. The summed E-state index contributed by atoms with van der Waals surface area (Å²) in [7, 11) is 0. The minimum Gasteiger partial charge on any atom is -0.351 e. The first-order chi connectivity index (χ1) is 15.1. The molecule has 0 aliphatic carbocycles. The van der Waals surface area contributed by atoms with E-state index < -0.39 is 0 Å². The predicted octanol–water partition coefficient (Wildman–Crippen LogP) is 5.06. The monoisotopic (exact) mass is 425 g/mol. The van der Waals surface area contributed by atoms with Crippen molar-refractivity contribution in [1.29, 1.82) is 0 Å². The van der Waals surface area contributed by atoms with Gasteiger partial charge in [0.15, 0.2) is 5.11 Å². The van der Waals surface area contributed by atoms with Gasteiger partial charge in [-0.1, -0.05) is 23.8 Å². The number of aryl methyl sites for hydroxylation is 2. The number of pyridine rings is 2. The molecule has 0 radical (unpaired) electrons. The van der Waals surface area contributed by atoms with Crippen molar-refractivity contribution in [3.05, 3.63) is 108 Å². The Hall–Kier alpha value is -3.51. The third kappa shape index (κ3) is 3.49. The van der Waals surface area contributed by atoms with Crippen molar-refractivity contribution in [2.45, 2.75) is 25.9 Å². The lowest BCUT2D eigenvalue weighted by Gasteiger charge is -2.29. The molecule has 154 valence electrons. The van der Waals surface area contributed by atoms with Crippen LogP contribution in [0.5, 0.6) is 0 Å². The van der Waals surface area contributed by atoms with Crippen LogP contribution in [0.25, 0.3) is 5.69 Å². The first-order valence-corrected chi connectivity index (χ1v) is 10.7. The Bertz CT molecular complexity index is 1200. The van der Waals surface area contributed by atoms with Crippen LogP contribution in [0, 0.1) is 13.8 Å². The Morgan fingerprint density at radius 1 is 0.871 bits per heavy atom. The smallest absolute Gasteiger partial charge is 0.174 e. The van der Waals surface area contributed by atoms with Gasteiger partial charge in [-0.25, -0.2) is 0 Å². The van der Waals surface area contributed by atoms with Gasteiger partial charge in [-0.3, -0.25) is 9.97 Å². The highest BCUT2D eigenvalue weighted by molar-refractivity contribution is 7.80. The van der Waals surface area contributed by atoms with Crippen molar-refractivity contribution in [3.8, 4) is 5.69 Å². The summed E-state index contributed by atoms with van der Waals surface area (Å²) in [6.07, 6.45) is 5.52. The maximum atomic E-state index is 5.84. The third-order valence-corrected chi connectivity index (χ3v) is 6.04. The van der Waals surface area contributed by atoms with Crippen LogP contribution in [0.2, 0.25) is 0 Å². The van der Waals surface area contributed by atoms with Crippen LogP contribution in [0.3, 0.4) is 0 Å². The number of hydrogen-bond acceptors (Lipinski definition) is 3. The SMILES string of the molecule is Cc1ccc(N2C(=S)N[C@H](c3ccccn3)[C@@H]2c2ccc(C)n2-c2cccnc2)cc1. The Morgan fingerprint density at radius 3 is 2.42 bits per heavy atom. The number of hydrogen-bond donors (Lipinski definition) is 1. The average molecular weight is 426 g/mol. The van der Waals surface area contributed by atoms with Crippen molar-refractivity contribution >= 4 is 23.0 Å². The summed E-state index contributed by atoms with van der Waals surface area (Å²) in [6, 6.07) is 22.7. The van der Waals surface area contributed by atoms with E-state index in [2.05, 4.69) is 87.1 Å². The first kappa shape index (κ1) is 19.5. The minimum absolute atomic E-state index is 0.0704. The van der Waals surface area contributed by atoms with Gasteiger partial charge < -0.3 is 14.8 Å². The van der Waals surface area contributed by atoms with E-state index in [4.69, 9.17) is 12.2 Å². The lowest BCUT2D eigenvalue weighted by molar-refractivity contribution is 0.548. The standard InChI is InChI=1S/C25H23N5S/c1-17-8-11-19(12-9-17)30-24(23(28-25(30)31)21-7-3-4-15-27-21)22-13-10-18(2)29(22)20-6-5-14-26-16-20/h3-16,23-24H,1-2H3,(H,28,31)/t23-,24+/m1/s1. The minimum atomic E-state index is -0.0836. The predicted molar refractivity (Wildman–Crippen MR) is 127 cm³/mol. The lowest BCUT2D eigenvalue weighted by Crippen LogP contribution is -2.30. The quantitative estimate of drug-likeness (QED) is 0.463. The third-order valence-electron chi connectivity index (χ3n) is 5.72. The lowest BCUT2D eigenvalue weighted by atomic mass is 10.0. The number of benzene rings is 1. The van der Waals surface area contributed by atoms with Crippen LogP contribution in [0.4, 0.5) is 5.69 Å². The van der Waals surface area contributed by atoms with E-state index in [1.807, 2.05) is 30.6 Å². The van der Waals surface area contributed by atoms with Gasteiger partial charge >= 0.3 is 0 Å². The Balaban J connectivity index is 1.70. The highest BCUT2D eigenvalue weighted by atomic mass is 32.1. The van der Waals surface area contributed by atoms with Crippen LogP contribution < -0.4 is 10.2 Å². The zero-order valence-corrected chi connectivity index (χ0v) is 18.3. The molecule has 4 aromatic rings. The summed E-state index contributed by atoms with van der Waals surface area (Å²) in [5, 5.41) is 4.23. The molecule has 1 aromatic carbocycles. The van der Waals surface area contributed by atoms with E-state index >= 15 is 0 Å². The molecule has 4 heterocycles. The fourth-order valence-corrected chi connectivity index (χ4v) is 4.61. The van der Waals surface area contributed by atoms with Crippen LogP contribution in [0.15, 0.2) is 85.3 Å². The van der Waals surface area contributed by atoms with Gasteiger partial charge in [-0.15, -0.1) is 0 Å². The number of thiocarbonyl (C=S) groups is 1. The molecule has 1 fully saturated rings. The number of aromatic nitrogens is 3. The number of nitrogens with zero attached hydrogens (tertiary/aromatic N) is 4. The van der Waals surface area contributed by atoms with E-state index in [0.717, 1.165) is 28.5 Å². The molecule has 1 aliphatic heterocycles. The molecule has 0 spiro atoms. The number of rotatable bonds is 4. The molecule has 0 saturated carbocycles. The highest BCUT2D eigenvalue weighted by Gasteiger charge is 2.42. The molecule has 1 aliphatic rings. The molecule has 1 N–H and O–H groups in total. The molecule has 31 heavy (non-hydrogen) atoms. The van der Waals surface area contributed by atoms with Gasteiger partial charge in [0.05, 0.1) is 23.6 Å². The summed E-state index contributed by atoms with van der Waals surface area (Å²) in [6.45, 7) is 4.21. The van der Waals surface area contributed by atoms with Crippen LogP contribution in [-0.4, -0.2) is 19.6 Å². The summed E-state index contributed by atoms with van der Waals surface area (Å²) in [4.78, 5) is 11.2. The van der Waals surface area contributed by atoms with E-state index in [1.165, 1.54) is 5.56 Å². The second-order valence-electron chi connectivity index (χ2n) is 7.78. The first-order valence-electron chi connectivity index (χ1n) is 10.3. The van der Waals surface area contributed by atoms with Crippen LogP contribution in [0.1, 0.15) is 34.7 Å². The highest BCUT2D eigenvalue weighted by Crippen LogP contribution is 2.42. The molecule has 5 nitrogen and oxygen atoms in total. The van der Waals surface area contributed by atoms with Crippen molar-refractivity contribution in [3.63, 3.8) is 0 Å². The van der Waals surface area contributed by atoms with Gasteiger partial charge in [-0.2, -0.15) is 0 Å². The van der Waals surface area contributed by atoms with Gasteiger partial charge in [-0.05, 0) is 74.6 Å². The second-order valence-corrected chi connectivity index (χ2v) is 8.17. The summed E-state index contributed by atoms with van der Waals surface area (Å²) in [5.41, 5.74) is 6.54. The Kier molecular flexibility index (Phi) is 5.00. The van der Waals surface area contributed by atoms with Crippen molar-refractivity contribution in [2.75, 3.05) is 4.90 Å². The van der Waals surface area contributed by atoms with Crippen molar-refractivity contribution in [1.82, 2.24) is 19.9 Å². The van der Waals surface area contributed by atoms with Crippen molar-refractivity contribution < 1.29 is 0 Å². The molecule has 5 rings (SSSR count). The zero-order chi connectivity index (χ0) is 21.4. The maximum absolute atomic E-state index is 5.84. The Morgan fingerprint density at radius 2 is 1.71 bits per heavy atom. The fourth-order valence-electron chi connectivity index (χ4n) is 4.27. The van der Waals surface area contributed by atoms with Gasteiger partial charge in [0.1, 0.15) is 6.04 Å². The van der Waals surface area contributed by atoms with Gasteiger partial charge in [0, 0.05) is 29.5 Å². The largest absolute Gasteiger partial charge is 0.351 e. The summed E-state index contributed by atoms with van der Waals surface area (Å²) < 4.78 is 2.25. The van der Waals surface area contributed by atoms with E-state index in [9.17, 15) is 0 Å². The van der Waals surface area contributed by atoms with Gasteiger partial charge in [0.25, 0.3) is 0 Å². The van der Waals surface area contributed by atoms with Gasteiger partial charge in [0.2, 0.25) is 0 Å². The summed E-state index contributed by atoms with van der Waals surface area (Å²) >= 11 is 5.84. The molecule has 1 saturated heterocycles. The van der Waals surface area contributed by atoms with E-state index in [1.54, 1.807) is 6.20 Å². The van der Waals surface area contributed by atoms with E-state index in [-0.39, 0.29) is 12.1 Å². The maximum Gasteiger partial charge on any atom is 0.174 e. The van der Waals surface area contributed by atoms with Crippen LogP contribution >= 0.6 is 12.2 Å². The van der Waals surface area contributed by atoms with Crippen molar-refractivity contribution in [2.24, 2.45) is 0 Å². The fraction of sp³-hybridized carbons (Fsp3) is 0.160. The molecule has 0 unspecified atom stereocenters. The average Bonchev–Trinajstić information content (AvgIpc) is 3.35. The number of anilines is 1. The van der Waals surface area contributed by atoms with E-state index in [0.29, 0.717) is 5.11 Å². The number of nitrogens with one attached hydrogen (secondary N) is 1. The summed E-state index contributed by atoms with van der Waals surface area (Å²) in [5.74, 6) is 0. The second kappa shape index (κ2) is 7.96. The Labute approximate surface area is 187 Å². The topological polar surface area (TPSA) is 46.0 Å².